The highest BCUT2D eigenvalue weighted by atomic mass is 31.2. The first kappa shape index (κ1) is 47.5. The van der Waals surface area contributed by atoms with Crippen LogP contribution in [0.15, 0.2) is 48.6 Å². The maximum absolute atomic E-state index is 12.5. The normalized spacial score (nSPS) is 14.1. The molecule has 0 bridgehead atoms. The zero-order valence-corrected chi connectivity index (χ0v) is 32.3. The fourth-order valence-electron chi connectivity index (χ4n) is 5.16. The van der Waals surface area contributed by atoms with Gasteiger partial charge in [0.05, 0.1) is 19.8 Å². The highest BCUT2D eigenvalue weighted by molar-refractivity contribution is 7.47. The molecule has 0 spiro atoms. The molecule has 0 heterocycles. The van der Waals surface area contributed by atoms with E-state index in [9.17, 15) is 14.3 Å². The van der Waals surface area contributed by atoms with E-state index in [-0.39, 0.29) is 38.8 Å². The molecule has 286 valence electrons. The number of esters is 1. The van der Waals surface area contributed by atoms with Crippen molar-refractivity contribution in [3.8, 4) is 0 Å². The van der Waals surface area contributed by atoms with Gasteiger partial charge in [-0.25, -0.2) is 4.57 Å². The molecule has 0 fully saturated rings. The summed E-state index contributed by atoms with van der Waals surface area (Å²) in [6.45, 7) is 4.75. The molecule has 0 saturated heterocycles. The van der Waals surface area contributed by atoms with E-state index < -0.39 is 13.9 Å². The van der Waals surface area contributed by atoms with Gasteiger partial charge in [0, 0.05) is 19.6 Å². The van der Waals surface area contributed by atoms with Crippen molar-refractivity contribution in [1.29, 1.82) is 0 Å². The zero-order valence-electron chi connectivity index (χ0n) is 31.4. The Morgan fingerprint density at radius 3 is 1.67 bits per heavy atom. The van der Waals surface area contributed by atoms with E-state index in [1.165, 1.54) is 83.5 Å². The van der Waals surface area contributed by atoms with Crippen molar-refractivity contribution in [2.24, 2.45) is 5.73 Å². The Morgan fingerprint density at radius 2 is 1.14 bits per heavy atom. The summed E-state index contributed by atoms with van der Waals surface area (Å²) in [5.74, 6) is -0.370. The lowest BCUT2D eigenvalue weighted by Gasteiger charge is -2.20. The van der Waals surface area contributed by atoms with Crippen molar-refractivity contribution in [1.82, 2.24) is 0 Å². The van der Waals surface area contributed by atoms with Gasteiger partial charge in [-0.2, -0.15) is 0 Å². The van der Waals surface area contributed by atoms with Crippen molar-refractivity contribution in [2.75, 3.05) is 33.0 Å². The highest BCUT2D eigenvalue weighted by Gasteiger charge is 2.25. The summed E-state index contributed by atoms with van der Waals surface area (Å²) in [5.41, 5.74) is 5.35. The Bertz CT molecular complexity index is 890. The lowest BCUT2D eigenvalue weighted by Crippen LogP contribution is -2.28. The van der Waals surface area contributed by atoms with Gasteiger partial charge in [0.2, 0.25) is 0 Å². The average molecular weight is 712 g/mol. The van der Waals surface area contributed by atoms with E-state index >= 15 is 0 Å². The van der Waals surface area contributed by atoms with Crippen LogP contribution in [-0.2, 0) is 27.9 Å². The molecule has 0 aliphatic carbocycles. The third-order valence-corrected chi connectivity index (χ3v) is 8.99. The maximum atomic E-state index is 12.5. The Kier molecular flexibility index (Phi) is 36.5. The molecule has 0 aliphatic heterocycles. The molecule has 0 radical (unpaired) electrons. The standard InChI is InChI=1S/C40H74NO7P/c1-3-5-7-9-11-13-15-17-19-21-23-25-27-29-31-33-40(42)48-39(38-47-49(43,44)46-36-34-41)37-45-35-32-30-28-26-24-22-20-18-16-14-12-10-8-6-4-2/h5,7,11,13,17,19,23,25,39H,3-4,6,8-10,12,14-16,18,20-22,24,26-38,41H2,1-2H3,(H,43,44)/b7-5-,13-11-,19-17-,25-23-. The summed E-state index contributed by atoms with van der Waals surface area (Å²) >= 11 is 0. The number of unbranched alkanes of at least 4 members (excludes halogenated alkanes) is 16. The Morgan fingerprint density at radius 1 is 0.633 bits per heavy atom. The minimum atomic E-state index is -4.28. The van der Waals surface area contributed by atoms with Gasteiger partial charge in [-0.1, -0.05) is 152 Å². The summed E-state index contributed by atoms with van der Waals surface area (Å²) in [5, 5.41) is 0. The molecule has 0 saturated carbocycles. The number of phosphoric acid groups is 1. The SMILES string of the molecule is CC/C=C\C/C=C\C/C=C\C/C=C\CCCCC(=O)OC(COCCCCCCCCCCCCCCCCC)COP(=O)(O)OCCN. The van der Waals surface area contributed by atoms with Crippen LogP contribution in [-0.4, -0.2) is 49.9 Å². The zero-order chi connectivity index (χ0) is 35.9. The second kappa shape index (κ2) is 37.7. The molecular weight excluding hydrogens is 637 g/mol. The lowest BCUT2D eigenvalue weighted by molar-refractivity contribution is -0.154. The molecule has 2 unspecified atom stereocenters. The average Bonchev–Trinajstić information content (AvgIpc) is 3.09. The number of phosphoric ester groups is 1. The molecule has 0 aromatic carbocycles. The predicted molar refractivity (Wildman–Crippen MR) is 206 cm³/mol. The van der Waals surface area contributed by atoms with E-state index in [0.717, 1.165) is 51.4 Å². The van der Waals surface area contributed by atoms with Crippen LogP contribution >= 0.6 is 7.82 Å². The summed E-state index contributed by atoms with van der Waals surface area (Å²) in [7, 11) is -4.28. The van der Waals surface area contributed by atoms with Gasteiger partial charge in [-0.15, -0.1) is 0 Å². The van der Waals surface area contributed by atoms with Crippen molar-refractivity contribution in [2.45, 2.75) is 168 Å². The number of ether oxygens (including phenoxy) is 2. The third-order valence-electron chi connectivity index (χ3n) is 8.01. The van der Waals surface area contributed by atoms with Crippen LogP contribution in [0.25, 0.3) is 0 Å². The molecule has 49 heavy (non-hydrogen) atoms. The molecule has 0 aromatic heterocycles. The second-order valence-electron chi connectivity index (χ2n) is 12.8. The van der Waals surface area contributed by atoms with E-state index in [1.807, 2.05) is 0 Å². The van der Waals surface area contributed by atoms with Gasteiger partial charge >= 0.3 is 13.8 Å². The molecule has 2 atom stereocenters. The van der Waals surface area contributed by atoms with Crippen molar-refractivity contribution >= 4 is 13.8 Å². The number of allylic oxidation sites excluding steroid dienone is 8. The van der Waals surface area contributed by atoms with Crippen molar-refractivity contribution in [3.63, 3.8) is 0 Å². The molecule has 0 aliphatic rings. The molecule has 0 aromatic rings. The quantitative estimate of drug-likeness (QED) is 0.0283. The summed E-state index contributed by atoms with van der Waals surface area (Å²) < 4.78 is 33.3. The minimum Gasteiger partial charge on any atom is -0.457 e. The largest absolute Gasteiger partial charge is 0.472 e. The van der Waals surface area contributed by atoms with Crippen LogP contribution in [0.3, 0.4) is 0 Å². The molecule has 0 rings (SSSR count). The van der Waals surface area contributed by atoms with Crippen molar-refractivity contribution in [3.05, 3.63) is 48.6 Å². The van der Waals surface area contributed by atoms with E-state index in [2.05, 4.69) is 62.5 Å². The molecule has 8 nitrogen and oxygen atoms in total. The maximum Gasteiger partial charge on any atom is 0.472 e. The third kappa shape index (κ3) is 37.5. The molecule has 0 amide bonds. The van der Waals surface area contributed by atoms with Crippen molar-refractivity contribution < 1.29 is 32.8 Å². The van der Waals surface area contributed by atoms with E-state index in [0.29, 0.717) is 13.0 Å². The highest BCUT2D eigenvalue weighted by Crippen LogP contribution is 2.43. The van der Waals surface area contributed by atoms with Gasteiger partial charge < -0.3 is 20.1 Å². The predicted octanol–water partition coefficient (Wildman–Crippen LogP) is 11.2. The smallest absolute Gasteiger partial charge is 0.457 e. The number of rotatable bonds is 37. The number of nitrogens with two attached hydrogens (primary N) is 1. The van der Waals surface area contributed by atoms with Crippen LogP contribution in [0.1, 0.15) is 162 Å². The number of carbonyl (C=O) groups excluding carboxylic acids is 1. The number of carbonyl (C=O) groups is 1. The van der Waals surface area contributed by atoms with E-state index in [4.69, 9.17) is 24.3 Å². The number of hydrogen-bond acceptors (Lipinski definition) is 7. The van der Waals surface area contributed by atoms with Crippen LogP contribution in [0.5, 0.6) is 0 Å². The second-order valence-corrected chi connectivity index (χ2v) is 14.2. The first-order valence-corrected chi connectivity index (χ1v) is 21.1. The van der Waals surface area contributed by atoms with Gasteiger partial charge in [-0.3, -0.25) is 13.8 Å². The van der Waals surface area contributed by atoms with Crippen LogP contribution in [0.2, 0.25) is 0 Å². The number of hydrogen-bond donors (Lipinski definition) is 2. The fourth-order valence-corrected chi connectivity index (χ4v) is 5.93. The van der Waals surface area contributed by atoms with Gasteiger partial charge in [0.25, 0.3) is 0 Å². The molecular formula is C40H74NO7P. The lowest BCUT2D eigenvalue weighted by atomic mass is 10.0. The monoisotopic (exact) mass is 712 g/mol. The van der Waals surface area contributed by atoms with Crippen LogP contribution < -0.4 is 5.73 Å². The van der Waals surface area contributed by atoms with Gasteiger partial charge in [0.15, 0.2) is 0 Å². The van der Waals surface area contributed by atoms with Gasteiger partial charge in [-0.05, 0) is 51.4 Å². The summed E-state index contributed by atoms with van der Waals surface area (Å²) in [6.07, 6.45) is 42.7. The fraction of sp³-hybridized carbons (Fsp3) is 0.775. The summed E-state index contributed by atoms with van der Waals surface area (Å²) in [4.78, 5) is 22.4. The Hall–Kier alpha value is -1.54. The van der Waals surface area contributed by atoms with Crippen LogP contribution in [0.4, 0.5) is 0 Å². The first-order chi connectivity index (χ1) is 23.9. The molecule has 9 heteroatoms. The Balaban J connectivity index is 4.14. The molecule has 3 N–H and O–H groups in total. The minimum absolute atomic E-state index is 0.0929. The summed E-state index contributed by atoms with van der Waals surface area (Å²) in [6, 6.07) is 0. The topological polar surface area (TPSA) is 117 Å². The van der Waals surface area contributed by atoms with Gasteiger partial charge in [0.1, 0.15) is 6.10 Å². The Labute approximate surface area is 301 Å². The van der Waals surface area contributed by atoms with Crippen LogP contribution in [0, 0.1) is 0 Å². The first-order valence-electron chi connectivity index (χ1n) is 19.6. The van der Waals surface area contributed by atoms with E-state index in [1.54, 1.807) is 0 Å².